The third-order valence-electron chi connectivity index (χ3n) is 9.30. The number of rotatable bonds is 10. The molecule has 2 aliphatic rings. The molecule has 34 heavy (non-hydrogen) atoms. The van der Waals surface area contributed by atoms with Crippen LogP contribution in [0, 0.1) is 22.7 Å². The summed E-state index contributed by atoms with van der Waals surface area (Å²) in [5.74, 6) is -0.147. The molecule has 194 valence electrons. The second-order valence-corrected chi connectivity index (χ2v) is 12.3. The number of hydrogen-bond donors (Lipinski definition) is 3. The maximum atomic E-state index is 11.4. The molecule has 5 atom stereocenters. The van der Waals surface area contributed by atoms with Crippen molar-refractivity contribution in [3.8, 4) is 0 Å². The Morgan fingerprint density at radius 3 is 2.03 bits per heavy atom. The van der Waals surface area contributed by atoms with Gasteiger partial charge in [0.25, 0.3) is 0 Å². The first-order valence-electron chi connectivity index (χ1n) is 13.3. The summed E-state index contributed by atoms with van der Waals surface area (Å²) in [6.07, 6.45) is 15.5. The molecule has 0 radical (unpaired) electrons. The smallest absolute Gasteiger partial charge is 0.330 e. The molecule has 0 spiro atoms. The number of carbonyl (C=O) groups is 1. The van der Waals surface area contributed by atoms with Crippen LogP contribution in [-0.4, -0.2) is 33.0 Å². The van der Waals surface area contributed by atoms with Crippen LogP contribution in [0.2, 0.25) is 0 Å². The minimum absolute atomic E-state index is 0.0690. The number of fused-ring (bicyclic) bond motifs is 1. The van der Waals surface area contributed by atoms with Crippen molar-refractivity contribution in [2.24, 2.45) is 22.7 Å². The van der Waals surface area contributed by atoms with E-state index in [0.29, 0.717) is 11.5 Å². The van der Waals surface area contributed by atoms with Gasteiger partial charge in [-0.1, -0.05) is 50.1 Å². The molecule has 3 N–H and O–H groups in total. The number of aliphatic hydroxyl groups is 2. The van der Waals surface area contributed by atoms with Crippen LogP contribution in [0.15, 0.2) is 34.9 Å². The van der Waals surface area contributed by atoms with Gasteiger partial charge >= 0.3 is 5.97 Å². The molecule has 0 aromatic heterocycles. The Morgan fingerprint density at radius 2 is 1.44 bits per heavy atom. The molecule has 0 aliphatic heterocycles. The maximum absolute atomic E-state index is 11.4. The summed E-state index contributed by atoms with van der Waals surface area (Å²) in [7, 11) is 0. The van der Waals surface area contributed by atoms with Crippen molar-refractivity contribution in [2.45, 2.75) is 124 Å². The lowest BCUT2D eigenvalue weighted by Gasteiger charge is -2.62. The van der Waals surface area contributed by atoms with Crippen molar-refractivity contribution in [1.29, 1.82) is 0 Å². The number of aliphatic hydroxyl groups excluding tert-OH is 1. The number of hydrogen-bond acceptors (Lipinski definition) is 3. The second-order valence-electron chi connectivity index (χ2n) is 12.3. The fourth-order valence-corrected chi connectivity index (χ4v) is 7.01. The summed E-state index contributed by atoms with van der Waals surface area (Å²) in [6.45, 7) is 14.8. The quantitative estimate of drug-likeness (QED) is 0.231. The number of carboxylic acids is 1. The summed E-state index contributed by atoms with van der Waals surface area (Å²) in [5, 5.41) is 30.9. The topological polar surface area (TPSA) is 77.8 Å². The van der Waals surface area contributed by atoms with Crippen LogP contribution in [-0.2, 0) is 4.79 Å². The predicted octanol–water partition coefficient (Wildman–Crippen LogP) is 7.21. The summed E-state index contributed by atoms with van der Waals surface area (Å²) in [5.41, 5.74) is 2.44. The van der Waals surface area contributed by atoms with Crippen molar-refractivity contribution in [2.75, 3.05) is 0 Å². The lowest BCUT2D eigenvalue weighted by atomic mass is 9.44. The van der Waals surface area contributed by atoms with Gasteiger partial charge in [0.05, 0.1) is 11.7 Å². The molecular weight excluding hydrogens is 424 g/mol. The minimum atomic E-state index is -0.841. The van der Waals surface area contributed by atoms with E-state index in [1.807, 2.05) is 6.92 Å². The van der Waals surface area contributed by atoms with Gasteiger partial charge in [0.1, 0.15) is 0 Å². The lowest BCUT2D eigenvalue weighted by Crippen LogP contribution is -2.60. The summed E-state index contributed by atoms with van der Waals surface area (Å²) >= 11 is 0. The number of aliphatic carboxylic acids is 1. The average Bonchev–Trinajstić information content (AvgIpc) is 2.72. The largest absolute Gasteiger partial charge is 0.478 e. The van der Waals surface area contributed by atoms with E-state index in [1.54, 1.807) is 13.0 Å². The third kappa shape index (κ3) is 6.85. The zero-order valence-electron chi connectivity index (χ0n) is 22.8. The van der Waals surface area contributed by atoms with Gasteiger partial charge in [-0.05, 0) is 115 Å². The molecule has 2 fully saturated rings. The van der Waals surface area contributed by atoms with E-state index >= 15 is 0 Å². The molecule has 0 heterocycles. The standard InChI is InChI=1S/C30H50O4/c1-21(13-9-15-23(3)27(32)33)11-8-12-22(2)14-10-16-25-29(6)19-18-26(31)28(4,5)24(29)17-20-30(25,7)34/h11,14-15,24-26,31,34H,8-10,12-13,16-20H2,1-7H3,(H,32,33)/b21-11+,22-14+,23-15+/t24-,25+,26?,29-,30+/m0/s1. The Morgan fingerprint density at radius 1 is 0.882 bits per heavy atom. The summed E-state index contributed by atoms with van der Waals surface area (Å²) in [6, 6.07) is 0. The van der Waals surface area contributed by atoms with E-state index in [9.17, 15) is 15.0 Å². The molecular formula is C30H50O4. The molecule has 4 heteroatoms. The van der Waals surface area contributed by atoms with E-state index in [4.69, 9.17) is 5.11 Å². The number of carboxylic acid groups (broad SMARTS) is 1. The molecule has 2 rings (SSSR count). The molecule has 4 nitrogen and oxygen atoms in total. The molecule has 0 saturated heterocycles. The number of allylic oxidation sites excluding steroid dienone is 5. The summed E-state index contributed by atoms with van der Waals surface area (Å²) < 4.78 is 0. The van der Waals surface area contributed by atoms with Crippen LogP contribution in [0.4, 0.5) is 0 Å². The van der Waals surface area contributed by atoms with Gasteiger partial charge in [-0.2, -0.15) is 0 Å². The van der Waals surface area contributed by atoms with Crippen LogP contribution < -0.4 is 0 Å². The monoisotopic (exact) mass is 474 g/mol. The summed E-state index contributed by atoms with van der Waals surface area (Å²) in [4.78, 5) is 10.9. The van der Waals surface area contributed by atoms with Gasteiger partial charge in [-0.3, -0.25) is 0 Å². The van der Waals surface area contributed by atoms with E-state index in [2.05, 4.69) is 46.8 Å². The van der Waals surface area contributed by atoms with Crippen LogP contribution >= 0.6 is 0 Å². The fraction of sp³-hybridized carbons (Fsp3) is 0.767. The van der Waals surface area contributed by atoms with Crippen LogP contribution in [0.25, 0.3) is 0 Å². The second kappa shape index (κ2) is 11.6. The average molecular weight is 475 g/mol. The normalized spacial score (nSPS) is 34.6. The zero-order valence-corrected chi connectivity index (χ0v) is 22.8. The first-order chi connectivity index (χ1) is 15.7. The van der Waals surface area contributed by atoms with Crippen LogP contribution in [0.5, 0.6) is 0 Å². The minimum Gasteiger partial charge on any atom is -0.478 e. The highest BCUT2D eigenvalue weighted by molar-refractivity contribution is 5.85. The Bertz CT molecular complexity index is 801. The molecule has 0 amide bonds. The Kier molecular flexibility index (Phi) is 9.81. The van der Waals surface area contributed by atoms with Gasteiger partial charge < -0.3 is 15.3 Å². The van der Waals surface area contributed by atoms with Crippen molar-refractivity contribution >= 4 is 5.97 Å². The predicted molar refractivity (Wildman–Crippen MR) is 141 cm³/mol. The Balaban J connectivity index is 1.91. The molecule has 0 aromatic rings. The van der Waals surface area contributed by atoms with E-state index in [0.717, 1.165) is 64.2 Å². The fourth-order valence-electron chi connectivity index (χ4n) is 7.01. The molecule has 2 aliphatic carbocycles. The SMILES string of the molecule is C/C(=C\CC/C(C)=C/CC[C@@H]1[C@@]2(C)CCC(O)C(C)(C)[C@@H]2CC[C@@]1(C)O)CC/C=C(\C)C(=O)O. The highest BCUT2D eigenvalue weighted by atomic mass is 16.4. The van der Waals surface area contributed by atoms with Gasteiger partial charge in [-0.25, -0.2) is 4.79 Å². The maximum Gasteiger partial charge on any atom is 0.330 e. The lowest BCUT2D eigenvalue weighted by molar-refractivity contribution is -0.195. The van der Waals surface area contributed by atoms with Crippen LogP contribution in [0.1, 0.15) is 113 Å². The van der Waals surface area contributed by atoms with E-state index < -0.39 is 11.6 Å². The molecule has 0 bridgehead atoms. The van der Waals surface area contributed by atoms with Crippen molar-refractivity contribution < 1.29 is 20.1 Å². The first kappa shape index (κ1) is 28.8. The van der Waals surface area contributed by atoms with Gasteiger partial charge in [-0.15, -0.1) is 0 Å². The molecule has 0 aromatic carbocycles. The first-order valence-corrected chi connectivity index (χ1v) is 13.3. The highest BCUT2D eigenvalue weighted by Crippen LogP contribution is 2.62. The van der Waals surface area contributed by atoms with Gasteiger partial charge in [0.15, 0.2) is 0 Å². The van der Waals surface area contributed by atoms with E-state index in [1.165, 1.54) is 11.1 Å². The Hall–Kier alpha value is -1.39. The highest BCUT2D eigenvalue weighted by Gasteiger charge is 2.59. The molecule has 1 unspecified atom stereocenters. The van der Waals surface area contributed by atoms with Crippen molar-refractivity contribution in [3.63, 3.8) is 0 Å². The third-order valence-corrected chi connectivity index (χ3v) is 9.30. The van der Waals surface area contributed by atoms with Crippen LogP contribution in [0.3, 0.4) is 0 Å². The van der Waals surface area contributed by atoms with Gasteiger partial charge in [0, 0.05) is 5.57 Å². The van der Waals surface area contributed by atoms with Crippen molar-refractivity contribution in [3.05, 3.63) is 34.9 Å². The van der Waals surface area contributed by atoms with E-state index in [-0.39, 0.29) is 22.9 Å². The molecule has 2 saturated carbocycles. The Labute approximate surface area is 208 Å². The zero-order chi connectivity index (χ0) is 25.7. The van der Waals surface area contributed by atoms with Crippen molar-refractivity contribution in [1.82, 2.24) is 0 Å². The van der Waals surface area contributed by atoms with Gasteiger partial charge in [0.2, 0.25) is 0 Å².